The van der Waals surface area contributed by atoms with E-state index >= 15 is 0 Å². The van der Waals surface area contributed by atoms with Gasteiger partial charge in [0.15, 0.2) is 0 Å². The minimum Gasteiger partial charge on any atom is -0.497 e. The molecular weight excluding hydrogens is 334 g/mol. The SMILES string of the molecule is COc1cccc(CCNc2ccc(NC(=O)c3cccs3)nc2)c1. The number of anilines is 2. The van der Waals surface area contributed by atoms with E-state index in [1.54, 1.807) is 25.4 Å². The summed E-state index contributed by atoms with van der Waals surface area (Å²) in [6.07, 6.45) is 2.60. The smallest absolute Gasteiger partial charge is 0.266 e. The first-order chi connectivity index (χ1) is 12.2. The van der Waals surface area contributed by atoms with Crippen molar-refractivity contribution >= 4 is 28.7 Å². The molecule has 5 nitrogen and oxygen atoms in total. The minimum atomic E-state index is -0.138. The number of nitrogens with one attached hydrogen (secondary N) is 2. The number of hydrogen-bond acceptors (Lipinski definition) is 5. The lowest BCUT2D eigenvalue weighted by Crippen LogP contribution is -2.11. The fourth-order valence-electron chi connectivity index (χ4n) is 2.34. The third-order valence-corrected chi connectivity index (χ3v) is 4.50. The largest absolute Gasteiger partial charge is 0.497 e. The zero-order valence-electron chi connectivity index (χ0n) is 13.9. The molecule has 1 amide bonds. The molecule has 0 radical (unpaired) electrons. The summed E-state index contributed by atoms with van der Waals surface area (Å²) >= 11 is 1.40. The monoisotopic (exact) mass is 353 g/mol. The van der Waals surface area contributed by atoms with E-state index in [9.17, 15) is 4.79 Å². The Morgan fingerprint density at radius 3 is 2.84 bits per heavy atom. The Balaban J connectivity index is 1.49. The van der Waals surface area contributed by atoms with Crippen molar-refractivity contribution in [3.63, 3.8) is 0 Å². The second-order valence-electron chi connectivity index (χ2n) is 5.39. The van der Waals surface area contributed by atoms with Gasteiger partial charge in [-0.25, -0.2) is 4.98 Å². The first-order valence-corrected chi connectivity index (χ1v) is 8.80. The third-order valence-electron chi connectivity index (χ3n) is 3.63. The van der Waals surface area contributed by atoms with Crippen LogP contribution in [0.4, 0.5) is 11.5 Å². The molecule has 0 aliphatic heterocycles. The molecule has 128 valence electrons. The second kappa shape index (κ2) is 8.30. The number of methoxy groups -OCH3 is 1. The standard InChI is InChI=1S/C19H19N3O2S/c1-24-16-5-2-4-14(12-16)9-10-20-15-7-8-18(21-13-15)22-19(23)17-6-3-11-25-17/h2-8,11-13,20H,9-10H2,1H3,(H,21,22,23). The van der Waals surface area contributed by atoms with Gasteiger partial charge in [0.25, 0.3) is 5.91 Å². The second-order valence-corrected chi connectivity index (χ2v) is 6.34. The van der Waals surface area contributed by atoms with E-state index in [0.717, 1.165) is 24.4 Å². The molecule has 2 N–H and O–H groups in total. The average Bonchev–Trinajstić information content (AvgIpc) is 3.18. The highest BCUT2D eigenvalue weighted by Crippen LogP contribution is 2.15. The molecule has 3 rings (SSSR count). The fourth-order valence-corrected chi connectivity index (χ4v) is 2.96. The third kappa shape index (κ3) is 4.81. The number of thiophene rings is 1. The first kappa shape index (κ1) is 17.0. The highest BCUT2D eigenvalue weighted by atomic mass is 32.1. The van der Waals surface area contributed by atoms with E-state index < -0.39 is 0 Å². The molecule has 0 saturated heterocycles. The summed E-state index contributed by atoms with van der Waals surface area (Å²) in [6.45, 7) is 0.787. The number of carbonyl (C=O) groups is 1. The summed E-state index contributed by atoms with van der Waals surface area (Å²) < 4.78 is 5.23. The van der Waals surface area contributed by atoms with E-state index in [2.05, 4.69) is 21.7 Å². The van der Waals surface area contributed by atoms with Crippen LogP contribution in [0.15, 0.2) is 60.1 Å². The number of hydrogen-bond donors (Lipinski definition) is 2. The molecule has 0 atom stereocenters. The van der Waals surface area contributed by atoms with Gasteiger partial charge in [0.1, 0.15) is 11.6 Å². The van der Waals surface area contributed by atoms with E-state index in [1.165, 1.54) is 16.9 Å². The van der Waals surface area contributed by atoms with Gasteiger partial charge in [-0.15, -0.1) is 11.3 Å². The van der Waals surface area contributed by atoms with Crippen LogP contribution in [0, 0.1) is 0 Å². The Bertz CT molecular complexity index is 817. The van der Waals surface area contributed by atoms with Crippen LogP contribution >= 0.6 is 11.3 Å². The van der Waals surface area contributed by atoms with Crippen LogP contribution in [0.3, 0.4) is 0 Å². The van der Waals surface area contributed by atoms with Crippen LogP contribution in [0.2, 0.25) is 0 Å². The van der Waals surface area contributed by atoms with Crippen LogP contribution < -0.4 is 15.4 Å². The Labute approximate surface area is 150 Å². The van der Waals surface area contributed by atoms with Gasteiger partial charge in [-0.2, -0.15) is 0 Å². The molecule has 0 aliphatic carbocycles. The molecule has 0 bridgehead atoms. The number of benzene rings is 1. The maximum Gasteiger partial charge on any atom is 0.266 e. The minimum absolute atomic E-state index is 0.138. The highest BCUT2D eigenvalue weighted by molar-refractivity contribution is 7.12. The van der Waals surface area contributed by atoms with E-state index in [-0.39, 0.29) is 5.91 Å². The highest BCUT2D eigenvalue weighted by Gasteiger charge is 2.07. The van der Waals surface area contributed by atoms with Crippen LogP contribution in [0.1, 0.15) is 15.2 Å². The van der Waals surface area contributed by atoms with Gasteiger partial charge in [0.2, 0.25) is 0 Å². The number of rotatable bonds is 7. The summed E-state index contributed by atoms with van der Waals surface area (Å²) in [4.78, 5) is 16.9. The number of carbonyl (C=O) groups excluding carboxylic acids is 1. The first-order valence-electron chi connectivity index (χ1n) is 7.92. The van der Waals surface area contributed by atoms with Gasteiger partial charge in [0, 0.05) is 6.54 Å². The number of amides is 1. The topological polar surface area (TPSA) is 63.2 Å². The van der Waals surface area contributed by atoms with Crippen LogP contribution in [-0.4, -0.2) is 24.5 Å². The molecule has 0 saturated carbocycles. The van der Waals surface area contributed by atoms with Gasteiger partial charge in [-0.1, -0.05) is 18.2 Å². The number of aromatic nitrogens is 1. The Morgan fingerprint density at radius 2 is 2.12 bits per heavy atom. The maximum atomic E-state index is 12.0. The van der Waals surface area contributed by atoms with Crippen LogP contribution in [0.25, 0.3) is 0 Å². The van der Waals surface area contributed by atoms with Crippen molar-refractivity contribution in [2.45, 2.75) is 6.42 Å². The molecule has 0 spiro atoms. The van der Waals surface area contributed by atoms with Crippen LogP contribution in [-0.2, 0) is 6.42 Å². The molecule has 0 fully saturated rings. The van der Waals surface area contributed by atoms with Crippen molar-refractivity contribution in [3.8, 4) is 5.75 Å². The Hall–Kier alpha value is -2.86. The van der Waals surface area contributed by atoms with Gasteiger partial charge in [-0.05, 0) is 47.7 Å². The number of ether oxygens (including phenoxy) is 1. The Kier molecular flexibility index (Phi) is 5.64. The van der Waals surface area contributed by atoms with Gasteiger partial charge in [-0.3, -0.25) is 4.79 Å². The molecule has 25 heavy (non-hydrogen) atoms. The van der Waals surface area contributed by atoms with Crippen molar-refractivity contribution in [2.75, 3.05) is 24.3 Å². The molecule has 1 aromatic carbocycles. The lowest BCUT2D eigenvalue weighted by Gasteiger charge is -2.08. The summed E-state index contributed by atoms with van der Waals surface area (Å²) in [5.41, 5.74) is 2.12. The summed E-state index contributed by atoms with van der Waals surface area (Å²) in [6, 6.07) is 15.4. The van der Waals surface area contributed by atoms with Crippen molar-refractivity contribution in [1.82, 2.24) is 4.98 Å². The molecule has 6 heteroatoms. The number of pyridine rings is 1. The molecule has 3 aromatic rings. The summed E-state index contributed by atoms with van der Waals surface area (Å²) in [5.74, 6) is 1.27. The lowest BCUT2D eigenvalue weighted by molar-refractivity contribution is 0.103. The normalized spacial score (nSPS) is 10.3. The predicted molar refractivity (Wildman–Crippen MR) is 102 cm³/mol. The number of nitrogens with zero attached hydrogens (tertiary/aromatic N) is 1. The zero-order valence-corrected chi connectivity index (χ0v) is 14.7. The van der Waals surface area contributed by atoms with Crippen molar-refractivity contribution in [2.24, 2.45) is 0 Å². The molecule has 0 unspecified atom stereocenters. The quantitative estimate of drug-likeness (QED) is 0.672. The van der Waals surface area contributed by atoms with Gasteiger partial charge >= 0.3 is 0 Å². The van der Waals surface area contributed by atoms with E-state index in [0.29, 0.717) is 10.7 Å². The van der Waals surface area contributed by atoms with Crippen molar-refractivity contribution in [3.05, 3.63) is 70.5 Å². The predicted octanol–water partition coefficient (Wildman–Crippen LogP) is 4.06. The lowest BCUT2D eigenvalue weighted by atomic mass is 10.1. The maximum absolute atomic E-state index is 12.0. The molecular formula is C19H19N3O2S. The van der Waals surface area contributed by atoms with Gasteiger partial charge in [0.05, 0.1) is 23.9 Å². The molecule has 2 heterocycles. The summed E-state index contributed by atoms with van der Waals surface area (Å²) in [7, 11) is 1.67. The van der Waals surface area contributed by atoms with Crippen molar-refractivity contribution < 1.29 is 9.53 Å². The fraction of sp³-hybridized carbons (Fsp3) is 0.158. The van der Waals surface area contributed by atoms with Crippen molar-refractivity contribution in [1.29, 1.82) is 0 Å². The zero-order chi connectivity index (χ0) is 17.5. The molecule has 2 aromatic heterocycles. The summed E-state index contributed by atoms with van der Waals surface area (Å²) in [5, 5.41) is 7.98. The molecule has 0 aliphatic rings. The van der Waals surface area contributed by atoms with E-state index in [1.807, 2.05) is 35.7 Å². The van der Waals surface area contributed by atoms with Gasteiger partial charge < -0.3 is 15.4 Å². The Morgan fingerprint density at radius 1 is 1.20 bits per heavy atom. The van der Waals surface area contributed by atoms with Crippen LogP contribution in [0.5, 0.6) is 5.75 Å². The average molecular weight is 353 g/mol. The van der Waals surface area contributed by atoms with E-state index in [4.69, 9.17) is 4.74 Å².